The van der Waals surface area contributed by atoms with Gasteiger partial charge in [-0.05, 0) is 18.2 Å². The van der Waals surface area contributed by atoms with Gasteiger partial charge in [-0.15, -0.1) is 10.2 Å². The Morgan fingerprint density at radius 2 is 1.97 bits per heavy atom. The Balaban J connectivity index is 1.54. The van der Waals surface area contributed by atoms with Crippen LogP contribution < -0.4 is 14.8 Å². The fraction of sp³-hybridized carbons (Fsp3) is 0.200. The normalized spacial score (nSPS) is 17.1. The minimum atomic E-state index is -0.582. The van der Waals surface area contributed by atoms with E-state index in [2.05, 4.69) is 25.5 Å². The SMILES string of the molecule is Fc1cncnc1-c1cc2c(n3cnnc13)NCc1c(F)ccc3c1[C@@H](CO3)CO2. The Hall–Kier alpha value is -3.82. The molecule has 4 aromatic rings. The number of pyridine rings is 1. The summed E-state index contributed by atoms with van der Waals surface area (Å²) in [7, 11) is 0. The van der Waals surface area contributed by atoms with Crippen LogP contribution in [0.2, 0.25) is 0 Å². The third-order valence-electron chi connectivity index (χ3n) is 5.44. The molecule has 1 atom stereocenters. The largest absolute Gasteiger partial charge is 0.493 e. The standard InChI is InChI=1S/C20H14F2N6O2/c21-13-1-2-15-17-10(6-29-15)7-30-16-3-11(18-14(22)5-23-8-25-18)19-27-26-9-28(19)20(16)24-4-12(13)17/h1-3,5,8-10,24H,4,6-7H2/t10-/m0/s1. The second kappa shape index (κ2) is 6.34. The second-order valence-corrected chi connectivity index (χ2v) is 7.12. The first kappa shape index (κ1) is 17.1. The van der Waals surface area contributed by atoms with Crippen LogP contribution >= 0.6 is 0 Å². The summed E-state index contributed by atoms with van der Waals surface area (Å²) in [5, 5.41) is 11.3. The Bertz CT molecular complexity index is 1310. The molecule has 0 bridgehead atoms. The zero-order valence-electron chi connectivity index (χ0n) is 15.5. The molecule has 150 valence electrons. The van der Waals surface area contributed by atoms with Crippen molar-refractivity contribution in [2.75, 3.05) is 18.5 Å². The number of nitrogens with one attached hydrogen (secondary N) is 1. The minimum Gasteiger partial charge on any atom is -0.493 e. The molecule has 0 saturated heterocycles. The van der Waals surface area contributed by atoms with Crippen molar-refractivity contribution in [3.05, 3.63) is 59.8 Å². The monoisotopic (exact) mass is 408 g/mol. The lowest BCUT2D eigenvalue weighted by molar-refractivity contribution is 0.249. The van der Waals surface area contributed by atoms with Gasteiger partial charge in [-0.3, -0.25) is 4.40 Å². The number of benzene rings is 1. The van der Waals surface area contributed by atoms with Crippen LogP contribution in [-0.2, 0) is 6.54 Å². The van der Waals surface area contributed by atoms with Crippen LogP contribution in [0.1, 0.15) is 17.0 Å². The molecule has 30 heavy (non-hydrogen) atoms. The maximum atomic E-state index is 14.6. The van der Waals surface area contributed by atoms with Crippen molar-refractivity contribution in [2.24, 2.45) is 0 Å². The molecule has 0 radical (unpaired) electrons. The third kappa shape index (κ3) is 2.43. The van der Waals surface area contributed by atoms with E-state index < -0.39 is 5.82 Å². The van der Waals surface area contributed by atoms with Gasteiger partial charge < -0.3 is 14.8 Å². The van der Waals surface area contributed by atoms with Gasteiger partial charge in [0.2, 0.25) is 0 Å². The molecule has 8 nitrogen and oxygen atoms in total. The number of halogens is 2. The second-order valence-electron chi connectivity index (χ2n) is 7.12. The highest BCUT2D eigenvalue weighted by Crippen LogP contribution is 2.41. The lowest BCUT2D eigenvalue weighted by atomic mass is 9.96. The molecule has 0 spiro atoms. The van der Waals surface area contributed by atoms with Gasteiger partial charge >= 0.3 is 0 Å². The molecule has 10 heteroatoms. The van der Waals surface area contributed by atoms with E-state index in [9.17, 15) is 8.78 Å². The van der Waals surface area contributed by atoms with Crippen LogP contribution in [0.5, 0.6) is 11.5 Å². The summed E-state index contributed by atoms with van der Waals surface area (Å²) in [5.74, 6) is 0.671. The van der Waals surface area contributed by atoms with E-state index in [1.807, 2.05) is 0 Å². The predicted molar refractivity (Wildman–Crippen MR) is 101 cm³/mol. The summed E-state index contributed by atoms with van der Waals surface area (Å²) in [4.78, 5) is 7.76. The van der Waals surface area contributed by atoms with Gasteiger partial charge in [0.1, 0.15) is 29.9 Å². The van der Waals surface area contributed by atoms with Crippen LogP contribution in [0, 0.1) is 11.6 Å². The molecule has 0 fully saturated rings. The highest BCUT2D eigenvalue weighted by atomic mass is 19.1. The Morgan fingerprint density at radius 1 is 1.10 bits per heavy atom. The van der Waals surface area contributed by atoms with Gasteiger partial charge in [0.25, 0.3) is 0 Å². The van der Waals surface area contributed by atoms with Crippen molar-refractivity contribution in [1.29, 1.82) is 0 Å². The van der Waals surface area contributed by atoms with Gasteiger partial charge in [-0.2, -0.15) is 0 Å². The Morgan fingerprint density at radius 3 is 2.83 bits per heavy atom. The zero-order valence-corrected chi connectivity index (χ0v) is 15.5. The molecule has 1 N–H and O–H groups in total. The highest BCUT2D eigenvalue weighted by molar-refractivity contribution is 5.80. The molecule has 5 heterocycles. The van der Waals surface area contributed by atoms with E-state index in [0.717, 1.165) is 11.8 Å². The fourth-order valence-electron chi connectivity index (χ4n) is 4.07. The summed E-state index contributed by atoms with van der Waals surface area (Å²) in [6, 6.07) is 4.72. The molecule has 6 rings (SSSR count). The van der Waals surface area contributed by atoms with E-state index in [1.54, 1.807) is 16.5 Å². The number of rotatable bonds is 1. The van der Waals surface area contributed by atoms with Gasteiger partial charge in [-0.25, -0.2) is 18.7 Å². The number of hydrogen-bond acceptors (Lipinski definition) is 7. The molecular weight excluding hydrogens is 394 g/mol. The molecule has 0 amide bonds. The molecule has 0 saturated carbocycles. The molecule has 0 unspecified atom stereocenters. The number of fused-ring (bicyclic) bond motifs is 3. The fourth-order valence-corrected chi connectivity index (χ4v) is 4.07. The smallest absolute Gasteiger partial charge is 0.172 e. The Labute approximate surface area is 168 Å². The molecule has 0 aliphatic carbocycles. The maximum absolute atomic E-state index is 14.6. The number of hydrogen-bond donors (Lipinski definition) is 1. The van der Waals surface area contributed by atoms with Gasteiger partial charge in [-0.1, -0.05) is 0 Å². The average Bonchev–Trinajstić information content (AvgIpc) is 3.40. The summed E-state index contributed by atoms with van der Waals surface area (Å²) in [6.07, 6.45) is 3.85. The third-order valence-corrected chi connectivity index (χ3v) is 5.44. The lowest BCUT2D eigenvalue weighted by Gasteiger charge is -2.16. The predicted octanol–water partition coefficient (Wildman–Crippen LogP) is 2.95. The number of ether oxygens (including phenoxy) is 2. The summed E-state index contributed by atoms with van der Waals surface area (Å²) >= 11 is 0. The van der Waals surface area contributed by atoms with Gasteiger partial charge in [0, 0.05) is 17.7 Å². The number of nitrogens with zero attached hydrogens (tertiary/aromatic N) is 5. The maximum Gasteiger partial charge on any atom is 0.172 e. The van der Waals surface area contributed by atoms with Crippen LogP contribution in [0.25, 0.3) is 16.9 Å². The number of anilines is 1. The first-order valence-corrected chi connectivity index (χ1v) is 9.34. The molecular formula is C20H14F2N6O2. The zero-order chi connectivity index (χ0) is 20.2. The lowest BCUT2D eigenvalue weighted by Crippen LogP contribution is -2.13. The first-order valence-electron chi connectivity index (χ1n) is 9.34. The van der Waals surface area contributed by atoms with Gasteiger partial charge in [0.05, 0.1) is 30.9 Å². The first-order chi connectivity index (χ1) is 14.7. The highest BCUT2D eigenvalue weighted by Gasteiger charge is 2.31. The molecule has 1 aromatic carbocycles. The summed E-state index contributed by atoms with van der Waals surface area (Å²) in [5.41, 5.74) is 2.26. The summed E-state index contributed by atoms with van der Waals surface area (Å²) < 4.78 is 42.5. The van der Waals surface area contributed by atoms with Gasteiger partial charge in [0.15, 0.2) is 23.0 Å². The van der Waals surface area contributed by atoms with Crippen molar-refractivity contribution in [3.8, 4) is 22.8 Å². The van der Waals surface area contributed by atoms with Crippen molar-refractivity contribution in [1.82, 2.24) is 24.6 Å². The van der Waals surface area contributed by atoms with Crippen molar-refractivity contribution >= 4 is 11.5 Å². The molecule has 2 aliphatic rings. The average molecular weight is 408 g/mol. The van der Waals surface area contributed by atoms with Crippen LogP contribution in [0.3, 0.4) is 0 Å². The topological polar surface area (TPSA) is 86.5 Å². The minimum absolute atomic E-state index is 0.0927. The van der Waals surface area contributed by atoms with E-state index >= 15 is 0 Å². The number of aromatic nitrogens is 5. The van der Waals surface area contributed by atoms with Crippen molar-refractivity contribution in [3.63, 3.8) is 0 Å². The van der Waals surface area contributed by atoms with Crippen LogP contribution in [0.4, 0.5) is 14.6 Å². The van der Waals surface area contributed by atoms with Crippen LogP contribution in [-0.4, -0.2) is 37.8 Å². The molecule has 3 aromatic heterocycles. The molecule has 2 aliphatic heterocycles. The Kier molecular flexibility index (Phi) is 3.61. The summed E-state index contributed by atoms with van der Waals surface area (Å²) in [6.45, 7) is 0.903. The van der Waals surface area contributed by atoms with E-state index in [-0.39, 0.29) is 30.6 Å². The van der Waals surface area contributed by atoms with E-state index in [1.165, 1.54) is 18.7 Å². The van der Waals surface area contributed by atoms with E-state index in [4.69, 9.17) is 9.47 Å². The van der Waals surface area contributed by atoms with Crippen molar-refractivity contribution < 1.29 is 18.3 Å². The quantitative estimate of drug-likeness (QED) is 0.518. The van der Waals surface area contributed by atoms with E-state index in [0.29, 0.717) is 40.7 Å². The van der Waals surface area contributed by atoms with Crippen LogP contribution in [0.15, 0.2) is 37.1 Å². The van der Waals surface area contributed by atoms with Crippen molar-refractivity contribution in [2.45, 2.75) is 12.5 Å².